The van der Waals surface area contributed by atoms with Crippen molar-refractivity contribution in [3.8, 4) is 16.8 Å². The Morgan fingerprint density at radius 1 is 1.10 bits per heavy atom. The Morgan fingerprint density at radius 3 is 2.45 bits per heavy atom. The van der Waals surface area contributed by atoms with Gasteiger partial charge in [-0.3, -0.25) is 4.98 Å². The molecule has 0 aliphatic rings. The maximum Gasteiger partial charge on any atom is 0.433 e. The van der Waals surface area contributed by atoms with Crippen molar-refractivity contribution in [2.75, 3.05) is 6.54 Å². The van der Waals surface area contributed by atoms with Crippen LogP contribution >= 0.6 is 0 Å². The number of pyridine rings is 1. The Hall–Kier alpha value is -3.34. The van der Waals surface area contributed by atoms with Crippen molar-refractivity contribution in [1.82, 2.24) is 19.3 Å². The fourth-order valence-electron chi connectivity index (χ4n) is 2.57. The third kappa shape index (κ3) is 4.40. The lowest BCUT2D eigenvalue weighted by atomic mass is 10.1. The van der Waals surface area contributed by atoms with Crippen LogP contribution in [0, 0.1) is 0 Å². The number of aromatic nitrogens is 4. The average Bonchev–Trinajstić information content (AvgIpc) is 3.05. The Kier molecular flexibility index (Phi) is 5.59. The van der Waals surface area contributed by atoms with Crippen LogP contribution in [-0.4, -0.2) is 25.9 Å². The largest absolute Gasteiger partial charge is 0.433 e. The van der Waals surface area contributed by atoms with Gasteiger partial charge in [0.2, 0.25) is 0 Å². The molecule has 0 aliphatic carbocycles. The van der Waals surface area contributed by atoms with Crippen LogP contribution in [0.4, 0.5) is 22.0 Å². The molecular formula is C18H14F5N5O. The van der Waals surface area contributed by atoms with Crippen molar-refractivity contribution in [3.63, 3.8) is 0 Å². The maximum atomic E-state index is 12.8. The minimum absolute atomic E-state index is 0.359. The Bertz CT molecular complexity index is 1090. The van der Waals surface area contributed by atoms with Gasteiger partial charge in [0.1, 0.15) is 12.0 Å². The van der Waals surface area contributed by atoms with Crippen LogP contribution in [0.1, 0.15) is 5.69 Å². The van der Waals surface area contributed by atoms with Crippen molar-refractivity contribution in [3.05, 3.63) is 76.8 Å². The highest BCUT2D eigenvalue weighted by atomic mass is 19.4. The summed E-state index contributed by atoms with van der Waals surface area (Å²) in [7, 11) is 0. The lowest BCUT2D eigenvalue weighted by Crippen LogP contribution is -2.26. The van der Waals surface area contributed by atoms with Crippen LogP contribution in [0.15, 0.2) is 65.4 Å². The molecular weight excluding hydrogens is 397 g/mol. The third-order valence-electron chi connectivity index (χ3n) is 4.10. The van der Waals surface area contributed by atoms with E-state index in [1.165, 1.54) is 6.07 Å². The van der Waals surface area contributed by atoms with E-state index in [9.17, 15) is 26.7 Å². The summed E-state index contributed by atoms with van der Waals surface area (Å²) in [5, 5.41) is 3.81. The molecule has 29 heavy (non-hydrogen) atoms. The van der Waals surface area contributed by atoms with Gasteiger partial charge in [-0.05, 0) is 23.8 Å². The average molecular weight is 411 g/mol. The molecule has 3 rings (SSSR count). The van der Waals surface area contributed by atoms with Gasteiger partial charge in [0.05, 0.1) is 12.2 Å². The van der Waals surface area contributed by atoms with Crippen LogP contribution in [-0.2, 0) is 12.7 Å². The zero-order valence-electron chi connectivity index (χ0n) is 14.7. The summed E-state index contributed by atoms with van der Waals surface area (Å²) in [5.74, 6) is 0. The second-order valence-electron chi connectivity index (χ2n) is 5.99. The van der Waals surface area contributed by atoms with E-state index >= 15 is 0 Å². The van der Waals surface area contributed by atoms with E-state index in [0.29, 0.717) is 16.8 Å². The first-order valence-electron chi connectivity index (χ1n) is 8.22. The van der Waals surface area contributed by atoms with Gasteiger partial charge in [0.25, 0.3) is 6.08 Å². The first kappa shape index (κ1) is 20.4. The predicted octanol–water partition coefficient (Wildman–Crippen LogP) is 3.22. The summed E-state index contributed by atoms with van der Waals surface area (Å²) < 4.78 is 65.5. The molecule has 0 amide bonds. The quantitative estimate of drug-likeness (QED) is 0.654. The summed E-state index contributed by atoms with van der Waals surface area (Å²) >= 11 is 0. The molecule has 1 aromatic carbocycles. The van der Waals surface area contributed by atoms with Gasteiger partial charge < -0.3 is 5.73 Å². The number of rotatable bonds is 5. The number of nitrogens with two attached hydrogens (primary N) is 1. The van der Waals surface area contributed by atoms with Gasteiger partial charge in [0, 0.05) is 23.9 Å². The van der Waals surface area contributed by atoms with Crippen molar-refractivity contribution >= 4 is 0 Å². The molecule has 0 spiro atoms. The van der Waals surface area contributed by atoms with Crippen LogP contribution < -0.4 is 11.4 Å². The molecule has 0 atom stereocenters. The monoisotopic (exact) mass is 411 g/mol. The number of hydrogen-bond acceptors (Lipinski definition) is 4. The molecule has 0 radical (unpaired) electrons. The van der Waals surface area contributed by atoms with Gasteiger partial charge in [0.15, 0.2) is 0 Å². The molecule has 6 nitrogen and oxygen atoms in total. The summed E-state index contributed by atoms with van der Waals surface area (Å²) in [6.07, 6.45) is -4.27. The van der Waals surface area contributed by atoms with E-state index in [1.54, 1.807) is 24.3 Å². The molecule has 2 N–H and O–H groups in total. The second kappa shape index (κ2) is 7.95. The van der Waals surface area contributed by atoms with Crippen LogP contribution in [0.5, 0.6) is 0 Å². The molecule has 0 saturated heterocycles. The standard InChI is InChI=1S/C18H14F5N5O/c19-16(20)13(7-24)9-28-17(29)27(10-26-28)14-3-1-2-11(6-14)12-4-5-15(25-8-12)18(21,22)23/h1-6,8,10H,7,9,24H2. The normalized spacial score (nSPS) is 11.5. The lowest BCUT2D eigenvalue weighted by Gasteiger charge is -2.08. The molecule has 0 saturated carbocycles. The Labute approximate surface area is 160 Å². The maximum absolute atomic E-state index is 12.8. The van der Waals surface area contributed by atoms with E-state index in [2.05, 4.69) is 10.1 Å². The smallest absolute Gasteiger partial charge is 0.327 e. The molecule has 0 fully saturated rings. The molecule has 2 aromatic heterocycles. The van der Waals surface area contributed by atoms with Crippen LogP contribution in [0.25, 0.3) is 16.8 Å². The van der Waals surface area contributed by atoms with Crippen LogP contribution in [0.3, 0.4) is 0 Å². The molecule has 152 valence electrons. The molecule has 3 aromatic rings. The third-order valence-corrected chi connectivity index (χ3v) is 4.10. The lowest BCUT2D eigenvalue weighted by molar-refractivity contribution is -0.141. The highest BCUT2D eigenvalue weighted by molar-refractivity contribution is 5.65. The predicted molar refractivity (Wildman–Crippen MR) is 94.4 cm³/mol. The topological polar surface area (TPSA) is 78.7 Å². The van der Waals surface area contributed by atoms with Gasteiger partial charge >= 0.3 is 11.9 Å². The first-order chi connectivity index (χ1) is 13.7. The highest BCUT2D eigenvalue weighted by Gasteiger charge is 2.32. The second-order valence-corrected chi connectivity index (χ2v) is 5.99. The van der Waals surface area contributed by atoms with Crippen molar-refractivity contribution in [1.29, 1.82) is 0 Å². The minimum atomic E-state index is -4.54. The SMILES string of the molecule is NCC(Cn1ncn(-c2cccc(-c3ccc(C(F)(F)F)nc3)c2)c1=O)=C(F)F. The van der Waals surface area contributed by atoms with Gasteiger partial charge in [-0.15, -0.1) is 0 Å². The number of halogens is 5. The minimum Gasteiger partial charge on any atom is -0.327 e. The number of alkyl halides is 3. The summed E-state index contributed by atoms with van der Waals surface area (Å²) in [6.45, 7) is -0.870. The molecule has 0 bridgehead atoms. The van der Waals surface area contributed by atoms with Crippen molar-refractivity contribution in [2.45, 2.75) is 12.7 Å². The highest BCUT2D eigenvalue weighted by Crippen LogP contribution is 2.29. The zero-order chi connectivity index (χ0) is 21.2. The fraction of sp³-hybridized carbons (Fsp3) is 0.167. The zero-order valence-corrected chi connectivity index (χ0v) is 14.7. The molecule has 0 aliphatic heterocycles. The summed E-state index contributed by atoms with van der Waals surface area (Å²) in [6, 6.07) is 8.48. The van der Waals surface area contributed by atoms with Crippen molar-refractivity contribution in [2.24, 2.45) is 5.73 Å². The Morgan fingerprint density at radius 2 is 1.86 bits per heavy atom. The Balaban J connectivity index is 1.93. The van der Waals surface area contributed by atoms with E-state index in [1.807, 2.05) is 0 Å². The van der Waals surface area contributed by atoms with Gasteiger partial charge in [-0.1, -0.05) is 18.2 Å². The number of benzene rings is 1. The van der Waals surface area contributed by atoms with Gasteiger partial charge in [-0.2, -0.15) is 27.1 Å². The molecule has 0 unspecified atom stereocenters. The van der Waals surface area contributed by atoms with Gasteiger partial charge in [-0.25, -0.2) is 14.0 Å². The first-order valence-corrected chi connectivity index (χ1v) is 8.22. The number of hydrogen-bond donors (Lipinski definition) is 1. The van der Waals surface area contributed by atoms with E-state index in [0.717, 1.165) is 27.8 Å². The van der Waals surface area contributed by atoms with E-state index in [4.69, 9.17) is 5.73 Å². The van der Waals surface area contributed by atoms with Crippen LogP contribution in [0.2, 0.25) is 0 Å². The molecule has 2 heterocycles. The van der Waals surface area contributed by atoms with Crippen molar-refractivity contribution < 1.29 is 22.0 Å². The van der Waals surface area contributed by atoms with E-state index < -0.39 is 42.3 Å². The fourth-order valence-corrected chi connectivity index (χ4v) is 2.57. The number of nitrogens with zero attached hydrogens (tertiary/aromatic N) is 4. The molecule has 11 heteroatoms. The van der Waals surface area contributed by atoms with E-state index in [-0.39, 0.29) is 0 Å². The summed E-state index contributed by atoms with van der Waals surface area (Å²) in [5.41, 5.74) is 4.43. The summed E-state index contributed by atoms with van der Waals surface area (Å²) in [4.78, 5) is 15.9.